The first-order chi connectivity index (χ1) is 7.28. The van der Waals surface area contributed by atoms with Crippen molar-refractivity contribution in [2.24, 2.45) is 0 Å². The Morgan fingerprint density at radius 2 is 2.12 bits per heavy atom. The van der Waals surface area contributed by atoms with E-state index in [0.29, 0.717) is 5.82 Å². The van der Waals surface area contributed by atoms with E-state index in [-0.39, 0.29) is 11.6 Å². The minimum absolute atomic E-state index is 0.168. The van der Waals surface area contributed by atoms with Gasteiger partial charge >= 0.3 is 0 Å². The summed E-state index contributed by atoms with van der Waals surface area (Å²) in [4.78, 5) is 0. The molecule has 1 atom stereocenters. The molecule has 0 fully saturated rings. The minimum atomic E-state index is -0.168. The fourth-order valence-corrected chi connectivity index (χ4v) is 2.02. The van der Waals surface area contributed by atoms with Crippen molar-refractivity contribution in [2.45, 2.75) is 45.8 Å². The number of aromatic nitrogens is 2. The quantitative estimate of drug-likeness (QED) is 0.927. The molecule has 1 rings (SSSR count). The summed E-state index contributed by atoms with van der Waals surface area (Å²) in [5.41, 5.74) is 6.73. The smallest absolute Gasteiger partial charge is 0.136 e. The van der Waals surface area contributed by atoms with E-state index in [9.17, 15) is 0 Å². The Kier molecular flexibility index (Phi) is 4.02. The van der Waals surface area contributed by atoms with Crippen molar-refractivity contribution < 1.29 is 4.74 Å². The van der Waals surface area contributed by atoms with Crippen LogP contribution in [0.1, 0.15) is 38.9 Å². The molecule has 1 unspecified atom stereocenters. The van der Waals surface area contributed by atoms with Crippen molar-refractivity contribution in [2.75, 3.05) is 12.8 Å². The van der Waals surface area contributed by atoms with Gasteiger partial charge in [0.1, 0.15) is 5.82 Å². The highest BCUT2D eigenvalue weighted by atomic mass is 79.9. The number of anilines is 1. The average molecular weight is 290 g/mol. The third-order valence-electron chi connectivity index (χ3n) is 2.80. The third kappa shape index (κ3) is 2.77. The van der Waals surface area contributed by atoms with Gasteiger partial charge in [-0.15, -0.1) is 0 Å². The molecule has 1 aromatic rings. The van der Waals surface area contributed by atoms with Crippen LogP contribution in [0.15, 0.2) is 4.47 Å². The number of ether oxygens (including phenoxy) is 1. The summed E-state index contributed by atoms with van der Waals surface area (Å²) in [6.07, 6.45) is 0.862. The van der Waals surface area contributed by atoms with Crippen molar-refractivity contribution in [1.29, 1.82) is 0 Å². The Balaban J connectivity index is 2.89. The highest BCUT2D eigenvalue weighted by molar-refractivity contribution is 9.10. The number of methoxy groups -OCH3 is 1. The van der Waals surface area contributed by atoms with Crippen molar-refractivity contribution in [3.8, 4) is 0 Å². The molecule has 2 N–H and O–H groups in total. The fourth-order valence-electron chi connectivity index (χ4n) is 1.76. The lowest BCUT2D eigenvalue weighted by Crippen LogP contribution is -2.27. The second-order valence-electron chi connectivity index (χ2n) is 4.75. The Bertz CT molecular complexity index is 374. The summed E-state index contributed by atoms with van der Waals surface area (Å²) in [5, 5.41) is 4.42. The SMILES string of the molecule is COC(C)(C)CC(C)n1nc(C)c(Br)c1N. The molecule has 5 heteroatoms. The number of halogens is 1. The van der Waals surface area contributed by atoms with Crippen LogP contribution in [0.4, 0.5) is 5.82 Å². The first kappa shape index (κ1) is 13.5. The van der Waals surface area contributed by atoms with E-state index in [1.165, 1.54) is 0 Å². The highest BCUT2D eigenvalue weighted by Crippen LogP contribution is 2.29. The molecule has 0 aliphatic carbocycles. The first-order valence-corrected chi connectivity index (χ1v) is 6.13. The fraction of sp³-hybridized carbons (Fsp3) is 0.727. The number of aryl methyl sites for hydroxylation is 1. The number of hydrogen-bond donors (Lipinski definition) is 1. The highest BCUT2D eigenvalue weighted by Gasteiger charge is 2.23. The van der Waals surface area contributed by atoms with Crippen molar-refractivity contribution in [1.82, 2.24) is 9.78 Å². The lowest BCUT2D eigenvalue weighted by molar-refractivity contribution is 0.00440. The van der Waals surface area contributed by atoms with Crippen molar-refractivity contribution in [3.63, 3.8) is 0 Å². The summed E-state index contributed by atoms with van der Waals surface area (Å²) in [7, 11) is 1.72. The Morgan fingerprint density at radius 1 is 1.56 bits per heavy atom. The molecule has 16 heavy (non-hydrogen) atoms. The maximum absolute atomic E-state index is 5.98. The predicted octanol–water partition coefficient (Wildman–Crippen LogP) is 2.91. The van der Waals surface area contributed by atoms with Crippen LogP contribution < -0.4 is 5.73 Å². The molecule has 1 heterocycles. The predicted molar refractivity (Wildman–Crippen MR) is 69.5 cm³/mol. The Morgan fingerprint density at radius 3 is 2.50 bits per heavy atom. The van der Waals surface area contributed by atoms with Crippen LogP contribution in [-0.4, -0.2) is 22.5 Å². The standard InChI is InChI=1S/C11H20BrN3O/c1-7(6-11(3,4)16-5)15-10(13)9(12)8(2)14-15/h7H,6,13H2,1-5H3. The second-order valence-corrected chi connectivity index (χ2v) is 5.54. The molecule has 0 saturated heterocycles. The van der Waals surface area contributed by atoms with Gasteiger partial charge in [-0.05, 0) is 50.0 Å². The number of nitrogens with zero attached hydrogens (tertiary/aromatic N) is 2. The average Bonchev–Trinajstić information content (AvgIpc) is 2.45. The zero-order chi connectivity index (χ0) is 12.5. The molecule has 0 spiro atoms. The zero-order valence-electron chi connectivity index (χ0n) is 10.5. The van der Waals surface area contributed by atoms with E-state index in [4.69, 9.17) is 10.5 Å². The van der Waals surface area contributed by atoms with Crippen LogP contribution >= 0.6 is 15.9 Å². The van der Waals surface area contributed by atoms with Gasteiger partial charge < -0.3 is 10.5 Å². The number of hydrogen-bond acceptors (Lipinski definition) is 3. The van der Waals surface area contributed by atoms with Crippen LogP contribution in [0, 0.1) is 6.92 Å². The molecule has 4 nitrogen and oxygen atoms in total. The minimum Gasteiger partial charge on any atom is -0.383 e. The third-order valence-corrected chi connectivity index (χ3v) is 3.78. The molecule has 0 saturated carbocycles. The Hall–Kier alpha value is -0.550. The van der Waals surface area contributed by atoms with Crippen LogP contribution in [0.3, 0.4) is 0 Å². The molecule has 0 aromatic carbocycles. The number of rotatable bonds is 4. The Labute approximate surface area is 105 Å². The van der Waals surface area contributed by atoms with E-state index in [0.717, 1.165) is 16.6 Å². The van der Waals surface area contributed by atoms with E-state index in [1.807, 2.05) is 11.6 Å². The van der Waals surface area contributed by atoms with Crippen LogP contribution in [-0.2, 0) is 4.74 Å². The summed E-state index contributed by atoms with van der Waals surface area (Å²) in [5.74, 6) is 0.678. The van der Waals surface area contributed by atoms with Crippen molar-refractivity contribution >= 4 is 21.7 Å². The molecule has 1 aromatic heterocycles. The van der Waals surface area contributed by atoms with E-state index < -0.39 is 0 Å². The van der Waals surface area contributed by atoms with Gasteiger partial charge in [0.15, 0.2) is 0 Å². The number of nitrogens with two attached hydrogens (primary N) is 1. The molecule has 0 radical (unpaired) electrons. The molecular weight excluding hydrogens is 270 g/mol. The first-order valence-electron chi connectivity index (χ1n) is 5.33. The van der Waals surface area contributed by atoms with Gasteiger partial charge in [0.2, 0.25) is 0 Å². The maximum Gasteiger partial charge on any atom is 0.136 e. The largest absolute Gasteiger partial charge is 0.383 e. The molecule has 0 amide bonds. The summed E-state index contributed by atoms with van der Waals surface area (Å²) in [6, 6.07) is 0.208. The normalized spacial score (nSPS) is 14.1. The van der Waals surface area contributed by atoms with Gasteiger partial charge in [-0.3, -0.25) is 0 Å². The lowest BCUT2D eigenvalue weighted by atomic mass is 10.00. The monoisotopic (exact) mass is 289 g/mol. The summed E-state index contributed by atoms with van der Waals surface area (Å²) < 4.78 is 8.14. The molecule has 92 valence electrons. The lowest BCUT2D eigenvalue weighted by Gasteiger charge is -2.27. The molecular formula is C11H20BrN3O. The molecule has 0 bridgehead atoms. The zero-order valence-corrected chi connectivity index (χ0v) is 12.1. The maximum atomic E-state index is 5.98. The van der Waals surface area contributed by atoms with Gasteiger partial charge in [0.05, 0.1) is 21.8 Å². The van der Waals surface area contributed by atoms with E-state index >= 15 is 0 Å². The summed E-state index contributed by atoms with van der Waals surface area (Å²) in [6.45, 7) is 8.15. The van der Waals surface area contributed by atoms with E-state index in [2.05, 4.69) is 41.8 Å². The van der Waals surface area contributed by atoms with Gasteiger partial charge in [-0.1, -0.05) is 0 Å². The van der Waals surface area contributed by atoms with Crippen molar-refractivity contribution in [3.05, 3.63) is 10.2 Å². The van der Waals surface area contributed by atoms with Gasteiger partial charge in [-0.2, -0.15) is 5.10 Å². The van der Waals surface area contributed by atoms with Gasteiger partial charge in [0.25, 0.3) is 0 Å². The van der Waals surface area contributed by atoms with Crippen LogP contribution in [0.25, 0.3) is 0 Å². The molecule has 0 aliphatic rings. The second kappa shape index (κ2) is 4.75. The summed E-state index contributed by atoms with van der Waals surface area (Å²) >= 11 is 3.43. The van der Waals surface area contributed by atoms with E-state index in [1.54, 1.807) is 7.11 Å². The van der Waals surface area contributed by atoms with Crippen LogP contribution in [0.5, 0.6) is 0 Å². The van der Waals surface area contributed by atoms with Crippen LogP contribution in [0.2, 0.25) is 0 Å². The van der Waals surface area contributed by atoms with Gasteiger partial charge in [-0.25, -0.2) is 4.68 Å². The van der Waals surface area contributed by atoms with Gasteiger partial charge in [0, 0.05) is 7.11 Å². The number of nitrogen functional groups attached to an aromatic ring is 1. The molecule has 0 aliphatic heterocycles. The topological polar surface area (TPSA) is 53.1 Å².